The van der Waals surface area contributed by atoms with Gasteiger partial charge in [-0.15, -0.1) is 11.3 Å². The van der Waals surface area contributed by atoms with E-state index < -0.39 is 15.8 Å². The van der Waals surface area contributed by atoms with E-state index in [1.807, 2.05) is 0 Å². The predicted octanol–water partition coefficient (Wildman–Crippen LogP) is -0.0659. The summed E-state index contributed by atoms with van der Waals surface area (Å²) in [5.74, 6) is -0.382. The molecule has 8 nitrogen and oxygen atoms in total. The Morgan fingerprint density at radius 3 is 3.00 bits per heavy atom. The second-order valence-corrected chi connectivity index (χ2v) is 9.26. The first-order valence-electron chi connectivity index (χ1n) is 8.03. The van der Waals surface area contributed by atoms with Crippen molar-refractivity contribution in [2.45, 2.75) is 18.5 Å². The van der Waals surface area contributed by atoms with Crippen molar-refractivity contribution in [1.29, 1.82) is 0 Å². The largest absolute Gasteiger partial charge is 0.465 e. The van der Waals surface area contributed by atoms with Gasteiger partial charge >= 0.3 is 5.97 Å². The van der Waals surface area contributed by atoms with E-state index in [1.165, 1.54) is 18.4 Å². The highest BCUT2D eigenvalue weighted by molar-refractivity contribution is 7.91. The minimum Gasteiger partial charge on any atom is -0.465 e. The minimum atomic E-state index is -3.01. The number of ether oxygens (including phenoxy) is 1. The average Bonchev–Trinajstić information content (AvgIpc) is 3.14. The molecule has 2 saturated heterocycles. The lowest BCUT2D eigenvalue weighted by molar-refractivity contribution is -0.116. The molecular formula is C15H21N3O5S2. The normalized spacial score (nSPS) is 25.3. The lowest BCUT2D eigenvalue weighted by Crippen LogP contribution is -2.57. The SMILES string of the molecule is COC(=O)c1sccc1NC(=O)CCN1CCN[C@H]2CS(=O)(=O)C[C@H]21. The molecule has 25 heavy (non-hydrogen) atoms. The summed E-state index contributed by atoms with van der Waals surface area (Å²) in [5, 5.41) is 7.69. The highest BCUT2D eigenvalue weighted by Crippen LogP contribution is 2.24. The highest BCUT2D eigenvalue weighted by atomic mass is 32.2. The van der Waals surface area contributed by atoms with Crippen LogP contribution in [-0.4, -0.2) is 75.5 Å². The van der Waals surface area contributed by atoms with Crippen LogP contribution in [0.5, 0.6) is 0 Å². The molecule has 0 bridgehead atoms. The number of methoxy groups -OCH3 is 1. The number of hydrogen-bond acceptors (Lipinski definition) is 8. The molecule has 0 saturated carbocycles. The van der Waals surface area contributed by atoms with Gasteiger partial charge < -0.3 is 15.4 Å². The molecule has 1 aromatic rings. The topological polar surface area (TPSA) is 105 Å². The van der Waals surface area contributed by atoms with Crippen LogP contribution in [-0.2, 0) is 19.4 Å². The van der Waals surface area contributed by atoms with Gasteiger partial charge in [0.25, 0.3) is 0 Å². The molecule has 0 aliphatic carbocycles. The number of amides is 1. The van der Waals surface area contributed by atoms with Gasteiger partial charge in [-0.05, 0) is 11.4 Å². The van der Waals surface area contributed by atoms with Gasteiger partial charge in [0.2, 0.25) is 5.91 Å². The van der Waals surface area contributed by atoms with Crippen LogP contribution < -0.4 is 10.6 Å². The molecule has 0 aromatic carbocycles. The van der Waals surface area contributed by atoms with Crippen LogP contribution in [0.2, 0.25) is 0 Å². The van der Waals surface area contributed by atoms with Crippen LogP contribution in [0.1, 0.15) is 16.1 Å². The number of nitrogens with zero attached hydrogens (tertiary/aromatic N) is 1. The summed E-state index contributed by atoms with van der Waals surface area (Å²) in [6.45, 7) is 1.92. The van der Waals surface area contributed by atoms with Gasteiger partial charge in [-0.2, -0.15) is 0 Å². The number of esters is 1. The standard InChI is InChI=1S/C15H21N3O5S2/c1-23-15(20)14-10(3-7-24-14)17-13(19)2-5-18-6-4-16-11-8-25(21,22)9-12(11)18/h3,7,11-12,16H,2,4-6,8-9H2,1H3,(H,17,19)/t11-,12+/m0/s1. The maximum Gasteiger partial charge on any atom is 0.350 e. The smallest absolute Gasteiger partial charge is 0.350 e. The van der Waals surface area contributed by atoms with Crippen molar-refractivity contribution in [1.82, 2.24) is 10.2 Å². The monoisotopic (exact) mass is 387 g/mol. The number of sulfone groups is 1. The second kappa shape index (κ2) is 7.40. The Morgan fingerprint density at radius 2 is 2.24 bits per heavy atom. The number of nitrogens with one attached hydrogen (secondary N) is 2. The van der Waals surface area contributed by atoms with E-state index in [4.69, 9.17) is 0 Å². The van der Waals surface area contributed by atoms with Crippen molar-refractivity contribution >= 4 is 38.7 Å². The molecule has 0 spiro atoms. The number of anilines is 1. The molecule has 3 heterocycles. The zero-order chi connectivity index (χ0) is 18.0. The van der Waals surface area contributed by atoms with Crippen LogP contribution >= 0.6 is 11.3 Å². The Bertz CT molecular complexity index is 761. The highest BCUT2D eigenvalue weighted by Gasteiger charge is 2.42. The summed E-state index contributed by atoms with van der Waals surface area (Å²) in [7, 11) is -1.72. The van der Waals surface area contributed by atoms with Gasteiger partial charge in [-0.3, -0.25) is 9.69 Å². The fourth-order valence-electron chi connectivity index (χ4n) is 3.34. The molecule has 2 aliphatic rings. The Labute approximate surface area is 150 Å². The van der Waals surface area contributed by atoms with E-state index in [0.29, 0.717) is 17.1 Å². The quantitative estimate of drug-likeness (QED) is 0.682. The fourth-order valence-corrected chi connectivity index (χ4v) is 6.09. The number of carbonyl (C=O) groups excluding carboxylic acids is 2. The number of thiophene rings is 1. The summed E-state index contributed by atoms with van der Waals surface area (Å²) in [4.78, 5) is 26.3. The molecule has 1 amide bonds. The molecule has 138 valence electrons. The van der Waals surface area contributed by atoms with Gasteiger partial charge in [-0.25, -0.2) is 13.2 Å². The second-order valence-electron chi connectivity index (χ2n) is 6.19. The molecule has 2 fully saturated rings. The van der Waals surface area contributed by atoms with Crippen LogP contribution in [0, 0.1) is 0 Å². The number of carbonyl (C=O) groups is 2. The molecule has 3 rings (SSSR count). The van der Waals surface area contributed by atoms with E-state index in [1.54, 1.807) is 11.4 Å². The maximum absolute atomic E-state index is 12.2. The first-order chi connectivity index (χ1) is 11.9. The van der Waals surface area contributed by atoms with Crippen molar-refractivity contribution in [2.75, 3.05) is 43.6 Å². The van der Waals surface area contributed by atoms with Gasteiger partial charge in [0.05, 0.1) is 24.3 Å². The molecule has 0 radical (unpaired) electrons. The van der Waals surface area contributed by atoms with Crippen LogP contribution in [0.25, 0.3) is 0 Å². The summed E-state index contributed by atoms with van der Waals surface area (Å²) in [5.41, 5.74) is 0.448. The van der Waals surface area contributed by atoms with E-state index in [0.717, 1.165) is 13.1 Å². The van der Waals surface area contributed by atoms with Gasteiger partial charge in [0, 0.05) is 38.1 Å². The lowest BCUT2D eigenvalue weighted by Gasteiger charge is -2.37. The molecule has 0 unspecified atom stereocenters. The minimum absolute atomic E-state index is 0.0513. The van der Waals surface area contributed by atoms with Crippen LogP contribution in [0.3, 0.4) is 0 Å². The maximum atomic E-state index is 12.2. The van der Waals surface area contributed by atoms with Crippen molar-refractivity contribution in [3.05, 3.63) is 16.3 Å². The summed E-state index contributed by atoms with van der Waals surface area (Å²) in [6.07, 6.45) is 0.236. The zero-order valence-electron chi connectivity index (χ0n) is 13.9. The third-order valence-electron chi connectivity index (χ3n) is 4.53. The van der Waals surface area contributed by atoms with E-state index >= 15 is 0 Å². The third kappa shape index (κ3) is 4.20. The summed E-state index contributed by atoms with van der Waals surface area (Å²) in [6, 6.07) is 1.54. The van der Waals surface area contributed by atoms with Crippen molar-refractivity contribution in [2.24, 2.45) is 0 Å². The lowest BCUT2D eigenvalue weighted by atomic mass is 10.1. The van der Waals surface area contributed by atoms with Crippen molar-refractivity contribution in [3.8, 4) is 0 Å². The van der Waals surface area contributed by atoms with Crippen LogP contribution in [0.4, 0.5) is 5.69 Å². The Hall–Kier alpha value is -1.49. The molecule has 1 aromatic heterocycles. The van der Waals surface area contributed by atoms with Gasteiger partial charge in [-0.1, -0.05) is 0 Å². The summed E-state index contributed by atoms with van der Waals surface area (Å²) >= 11 is 1.21. The predicted molar refractivity (Wildman–Crippen MR) is 94.7 cm³/mol. The molecular weight excluding hydrogens is 366 g/mol. The number of fused-ring (bicyclic) bond motifs is 1. The molecule has 2 atom stereocenters. The average molecular weight is 387 g/mol. The number of piperazine rings is 1. The van der Waals surface area contributed by atoms with Crippen LogP contribution in [0.15, 0.2) is 11.4 Å². The first kappa shape index (κ1) is 18.3. The summed E-state index contributed by atoms with van der Waals surface area (Å²) < 4.78 is 28.4. The zero-order valence-corrected chi connectivity index (χ0v) is 15.5. The van der Waals surface area contributed by atoms with Gasteiger partial charge in [0.1, 0.15) is 4.88 Å². The number of rotatable bonds is 5. The number of hydrogen-bond donors (Lipinski definition) is 2. The van der Waals surface area contributed by atoms with Crippen molar-refractivity contribution in [3.63, 3.8) is 0 Å². The third-order valence-corrected chi connectivity index (χ3v) is 7.14. The molecule has 2 aliphatic heterocycles. The van der Waals surface area contributed by atoms with E-state index in [2.05, 4.69) is 20.3 Å². The Kier molecular flexibility index (Phi) is 5.42. The fraction of sp³-hybridized carbons (Fsp3) is 0.600. The Morgan fingerprint density at radius 1 is 1.44 bits per heavy atom. The molecule has 10 heteroatoms. The molecule has 2 N–H and O–H groups in total. The van der Waals surface area contributed by atoms with E-state index in [-0.39, 0.29) is 35.9 Å². The van der Waals surface area contributed by atoms with E-state index in [9.17, 15) is 18.0 Å². The van der Waals surface area contributed by atoms with Gasteiger partial charge in [0.15, 0.2) is 9.84 Å². The Balaban J connectivity index is 1.56. The van der Waals surface area contributed by atoms with Crippen molar-refractivity contribution < 1.29 is 22.7 Å². The first-order valence-corrected chi connectivity index (χ1v) is 10.7.